The Morgan fingerprint density at radius 1 is 1.00 bits per heavy atom. The Morgan fingerprint density at radius 3 is 2.08 bits per heavy atom. The van der Waals surface area contributed by atoms with Crippen LogP contribution in [0.2, 0.25) is 0 Å². The van der Waals surface area contributed by atoms with E-state index in [1.54, 1.807) is 6.92 Å². The van der Waals surface area contributed by atoms with E-state index in [0.29, 0.717) is 13.0 Å². The van der Waals surface area contributed by atoms with Crippen LogP contribution < -0.4 is 0 Å². The molecule has 0 N–H and O–H groups in total. The molecular weight excluding hydrogens is 300 g/mol. The summed E-state index contributed by atoms with van der Waals surface area (Å²) in [6.45, 7) is 11.8. The number of hydrogen-bond donors (Lipinski definition) is 0. The summed E-state index contributed by atoms with van der Waals surface area (Å²) in [6, 6.07) is 8.61. The predicted octanol–water partition coefficient (Wildman–Crippen LogP) is 2.65. The largest absolute Gasteiger partial charge is 0.340 e. The number of nitrogens with zero attached hydrogens (tertiary/aromatic N) is 2. The fourth-order valence-electron chi connectivity index (χ4n) is 3.05. The lowest BCUT2D eigenvalue weighted by atomic mass is 9.86. The highest BCUT2D eigenvalue weighted by Gasteiger charge is 2.21. The molecule has 0 radical (unpaired) electrons. The van der Waals surface area contributed by atoms with Crippen molar-refractivity contribution in [1.82, 2.24) is 9.80 Å². The summed E-state index contributed by atoms with van der Waals surface area (Å²) in [7, 11) is 0. The molecule has 24 heavy (non-hydrogen) atoms. The maximum atomic E-state index is 12.4. The lowest BCUT2D eigenvalue weighted by Gasteiger charge is -2.34. The van der Waals surface area contributed by atoms with Crippen molar-refractivity contribution < 1.29 is 9.59 Å². The molecule has 132 valence electrons. The highest BCUT2D eigenvalue weighted by atomic mass is 16.2. The van der Waals surface area contributed by atoms with Crippen molar-refractivity contribution in [2.75, 3.05) is 32.7 Å². The third kappa shape index (κ3) is 5.45. The number of carbonyl (C=O) groups excluding carboxylic acids is 2. The van der Waals surface area contributed by atoms with Crippen molar-refractivity contribution in [2.24, 2.45) is 0 Å². The maximum absolute atomic E-state index is 12.4. The van der Waals surface area contributed by atoms with Gasteiger partial charge in [-0.2, -0.15) is 0 Å². The van der Waals surface area contributed by atoms with Crippen LogP contribution in [0.5, 0.6) is 0 Å². The number of ketones is 1. The predicted molar refractivity (Wildman–Crippen MR) is 97.2 cm³/mol. The Bertz CT molecular complexity index is 564. The number of Topliss-reactive ketones (excluding diaryl/α,β-unsaturated/α-hetero) is 1. The minimum atomic E-state index is 0.161. The first-order chi connectivity index (χ1) is 11.3. The SMILES string of the molecule is CC(=O)CN1CCN(C(=O)CCc2ccc(C(C)(C)C)cc2)CC1. The molecule has 2 rings (SSSR count). The lowest BCUT2D eigenvalue weighted by Crippen LogP contribution is -2.49. The number of piperazine rings is 1. The molecule has 1 aromatic carbocycles. The molecule has 0 saturated carbocycles. The molecule has 0 atom stereocenters. The second-order valence-electron chi connectivity index (χ2n) is 7.81. The van der Waals surface area contributed by atoms with Crippen molar-refractivity contribution in [3.63, 3.8) is 0 Å². The van der Waals surface area contributed by atoms with Crippen LogP contribution >= 0.6 is 0 Å². The lowest BCUT2D eigenvalue weighted by molar-refractivity contribution is -0.133. The quantitative estimate of drug-likeness (QED) is 0.833. The Kier molecular flexibility index (Phi) is 6.16. The molecule has 0 bridgehead atoms. The zero-order valence-electron chi connectivity index (χ0n) is 15.5. The van der Waals surface area contributed by atoms with Gasteiger partial charge in [0.1, 0.15) is 5.78 Å². The second-order valence-corrected chi connectivity index (χ2v) is 7.81. The third-order valence-electron chi connectivity index (χ3n) is 4.62. The van der Waals surface area contributed by atoms with Gasteiger partial charge < -0.3 is 4.90 Å². The van der Waals surface area contributed by atoms with Crippen molar-refractivity contribution >= 4 is 11.7 Å². The monoisotopic (exact) mass is 330 g/mol. The van der Waals surface area contributed by atoms with E-state index in [2.05, 4.69) is 49.9 Å². The van der Waals surface area contributed by atoms with Gasteiger partial charge in [0.25, 0.3) is 0 Å². The van der Waals surface area contributed by atoms with E-state index in [-0.39, 0.29) is 17.1 Å². The Morgan fingerprint density at radius 2 is 1.58 bits per heavy atom. The summed E-state index contributed by atoms with van der Waals surface area (Å²) in [4.78, 5) is 27.6. The minimum Gasteiger partial charge on any atom is -0.340 e. The van der Waals surface area contributed by atoms with Crippen molar-refractivity contribution in [3.05, 3.63) is 35.4 Å². The summed E-state index contributed by atoms with van der Waals surface area (Å²) in [5.41, 5.74) is 2.69. The normalized spacial score (nSPS) is 16.2. The molecule has 0 aliphatic carbocycles. The molecule has 1 aliphatic rings. The fraction of sp³-hybridized carbons (Fsp3) is 0.600. The molecule has 4 nitrogen and oxygen atoms in total. The maximum Gasteiger partial charge on any atom is 0.222 e. The number of aryl methyl sites for hydroxylation is 1. The van der Waals surface area contributed by atoms with Gasteiger partial charge in [0, 0.05) is 32.6 Å². The number of amides is 1. The zero-order chi connectivity index (χ0) is 17.7. The average molecular weight is 330 g/mol. The van der Waals surface area contributed by atoms with Crippen molar-refractivity contribution in [2.45, 2.75) is 46.0 Å². The Labute approximate surface area is 145 Å². The van der Waals surface area contributed by atoms with E-state index in [9.17, 15) is 9.59 Å². The standard InChI is InChI=1S/C20H30N2O2/c1-16(23)15-21-11-13-22(14-12-21)19(24)10-7-17-5-8-18(9-6-17)20(2,3)4/h5-6,8-9H,7,10-15H2,1-4H3. The van der Waals surface area contributed by atoms with Crippen LogP contribution in [0.3, 0.4) is 0 Å². The highest BCUT2D eigenvalue weighted by Crippen LogP contribution is 2.22. The van der Waals surface area contributed by atoms with Crippen LogP contribution in [-0.2, 0) is 21.4 Å². The molecule has 0 spiro atoms. The molecule has 1 fully saturated rings. The first kappa shape index (κ1) is 18.7. The van der Waals surface area contributed by atoms with E-state index in [1.807, 2.05) is 4.90 Å². The number of rotatable bonds is 5. The van der Waals surface area contributed by atoms with E-state index in [0.717, 1.165) is 32.6 Å². The molecule has 0 aromatic heterocycles. The van der Waals surface area contributed by atoms with Gasteiger partial charge in [0.05, 0.1) is 6.54 Å². The first-order valence-electron chi connectivity index (χ1n) is 8.85. The summed E-state index contributed by atoms with van der Waals surface area (Å²) in [5.74, 6) is 0.408. The van der Waals surface area contributed by atoms with Crippen LogP contribution in [0.1, 0.15) is 45.2 Å². The smallest absolute Gasteiger partial charge is 0.222 e. The topological polar surface area (TPSA) is 40.6 Å². The average Bonchev–Trinajstić information content (AvgIpc) is 2.52. The molecule has 1 heterocycles. The van der Waals surface area contributed by atoms with Crippen LogP contribution in [0, 0.1) is 0 Å². The second kappa shape index (κ2) is 7.93. The molecule has 1 aromatic rings. The van der Waals surface area contributed by atoms with Gasteiger partial charge in [0.15, 0.2) is 0 Å². The van der Waals surface area contributed by atoms with Gasteiger partial charge in [-0.15, -0.1) is 0 Å². The molecule has 1 amide bonds. The molecule has 1 saturated heterocycles. The van der Waals surface area contributed by atoms with Gasteiger partial charge in [-0.3, -0.25) is 14.5 Å². The third-order valence-corrected chi connectivity index (χ3v) is 4.62. The number of benzene rings is 1. The van der Waals surface area contributed by atoms with Crippen LogP contribution in [0.25, 0.3) is 0 Å². The Hall–Kier alpha value is -1.68. The van der Waals surface area contributed by atoms with Gasteiger partial charge in [-0.25, -0.2) is 0 Å². The van der Waals surface area contributed by atoms with E-state index in [4.69, 9.17) is 0 Å². The van der Waals surface area contributed by atoms with E-state index in [1.165, 1.54) is 11.1 Å². The van der Waals surface area contributed by atoms with Crippen molar-refractivity contribution in [1.29, 1.82) is 0 Å². The number of carbonyl (C=O) groups is 2. The van der Waals surface area contributed by atoms with Crippen LogP contribution in [0.15, 0.2) is 24.3 Å². The summed E-state index contributed by atoms with van der Waals surface area (Å²) < 4.78 is 0. The van der Waals surface area contributed by atoms with Crippen LogP contribution in [-0.4, -0.2) is 54.2 Å². The summed E-state index contributed by atoms with van der Waals surface area (Å²) in [6.07, 6.45) is 1.35. The fourth-order valence-corrected chi connectivity index (χ4v) is 3.05. The van der Waals surface area contributed by atoms with E-state index >= 15 is 0 Å². The van der Waals surface area contributed by atoms with Gasteiger partial charge in [-0.05, 0) is 29.9 Å². The van der Waals surface area contributed by atoms with Crippen molar-refractivity contribution in [3.8, 4) is 0 Å². The van der Waals surface area contributed by atoms with E-state index < -0.39 is 0 Å². The van der Waals surface area contributed by atoms with Crippen LogP contribution in [0.4, 0.5) is 0 Å². The number of hydrogen-bond acceptors (Lipinski definition) is 3. The van der Waals surface area contributed by atoms with Gasteiger partial charge in [-0.1, -0.05) is 45.0 Å². The first-order valence-corrected chi connectivity index (χ1v) is 8.85. The zero-order valence-corrected chi connectivity index (χ0v) is 15.5. The summed E-state index contributed by atoms with van der Waals surface area (Å²) >= 11 is 0. The molecule has 0 unspecified atom stereocenters. The molecule has 4 heteroatoms. The van der Waals surface area contributed by atoms with Gasteiger partial charge in [0.2, 0.25) is 5.91 Å². The minimum absolute atomic E-state index is 0.161. The summed E-state index contributed by atoms with van der Waals surface area (Å²) in [5, 5.41) is 0. The Balaban J connectivity index is 1.78. The molecule has 1 aliphatic heterocycles. The van der Waals surface area contributed by atoms with Gasteiger partial charge >= 0.3 is 0 Å². The molecular formula is C20H30N2O2. The highest BCUT2D eigenvalue weighted by molar-refractivity contribution is 5.78.